The van der Waals surface area contributed by atoms with Crippen molar-refractivity contribution in [2.24, 2.45) is 0 Å². The average molecular weight is 358 g/mol. The third-order valence-corrected chi connectivity index (χ3v) is 4.47. The first-order valence-electron chi connectivity index (χ1n) is 7.15. The molecule has 0 aromatic heterocycles. The van der Waals surface area contributed by atoms with Crippen molar-refractivity contribution < 1.29 is 22.9 Å². The molecule has 0 radical (unpaired) electrons. The fourth-order valence-corrected chi connectivity index (χ4v) is 2.91. The molecule has 0 spiro atoms. The fourth-order valence-electron chi connectivity index (χ4n) is 2.38. The van der Waals surface area contributed by atoms with Gasteiger partial charge in [0.1, 0.15) is 5.75 Å². The van der Waals surface area contributed by atoms with Gasteiger partial charge in [0, 0.05) is 28.4 Å². The number of benzene rings is 3. The first kappa shape index (κ1) is 16.7. The lowest BCUT2D eigenvalue weighted by molar-refractivity contribution is 0.102. The van der Waals surface area contributed by atoms with Gasteiger partial charge >= 0.3 is 0 Å². The molecule has 3 aromatic carbocycles. The maximum Gasteiger partial charge on any atom is 0.294 e. The SMILES string of the molecule is Nc1ccc(C(=O)Nc2ccc3cc(S(=O)(=O)O)cc(O)c3c2)cc1. The Morgan fingerprint density at radius 1 is 1.00 bits per heavy atom. The molecule has 128 valence electrons. The van der Waals surface area contributed by atoms with Crippen molar-refractivity contribution in [3.8, 4) is 5.75 Å². The van der Waals surface area contributed by atoms with E-state index in [4.69, 9.17) is 10.3 Å². The average Bonchev–Trinajstić information content (AvgIpc) is 2.55. The lowest BCUT2D eigenvalue weighted by atomic mass is 10.1. The van der Waals surface area contributed by atoms with E-state index in [0.29, 0.717) is 27.7 Å². The normalized spacial score (nSPS) is 11.4. The summed E-state index contributed by atoms with van der Waals surface area (Å²) in [7, 11) is -4.43. The molecule has 0 atom stereocenters. The number of hydrogen-bond donors (Lipinski definition) is 4. The van der Waals surface area contributed by atoms with Gasteiger partial charge in [-0.05, 0) is 47.9 Å². The second-order valence-corrected chi connectivity index (χ2v) is 6.85. The van der Waals surface area contributed by atoms with Gasteiger partial charge in [-0.3, -0.25) is 9.35 Å². The van der Waals surface area contributed by atoms with Crippen LogP contribution in [-0.2, 0) is 10.1 Å². The largest absolute Gasteiger partial charge is 0.507 e. The second-order valence-electron chi connectivity index (χ2n) is 5.43. The van der Waals surface area contributed by atoms with E-state index in [-0.39, 0.29) is 11.7 Å². The van der Waals surface area contributed by atoms with Crippen molar-refractivity contribution in [2.75, 3.05) is 11.1 Å². The lowest BCUT2D eigenvalue weighted by Crippen LogP contribution is -2.11. The van der Waals surface area contributed by atoms with Crippen LogP contribution in [0.1, 0.15) is 10.4 Å². The number of aromatic hydroxyl groups is 1. The highest BCUT2D eigenvalue weighted by atomic mass is 32.2. The molecule has 0 aliphatic rings. The Morgan fingerprint density at radius 3 is 2.32 bits per heavy atom. The van der Waals surface area contributed by atoms with Crippen LogP contribution in [0.3, 0.4) is 0 Å². The molecule has 0 aliphatic carbocycles. The molecule has 25 heavy (non-hydrogen) atoms. The van der Waals surface area contributed by atoms with E-state index in [9.17, 15) is 18.3 Å². The minimum Gasteiger partial charge on any atom is -0.507 e. The van der Waals surface area contributed by atoms with Crippen LogP contribution in [0.15, 0.2) is 59.5 Å². The number of nitrogens with two attached hydrogens (primary N) is 1. The molecule has 0 bridgehead atoms. The third kappa shape index (κ3) is 3.54. The number of hydrogen-bond acceptors (Lipinski definition) is 5. The summed E-state index contributed by atoms with van der Waals surface area (Å²) >= 11 is 0. The zero-order chi connectivity index (χ0) is 18.2. The number of fused-ring (bicyclic) bond motifs is 1. The minimum absolute atomic E-state index is 0.325. The van der Waals surface area contributed by atoms with E-state index in [2.05, 4.69) is 5.32 Å². The number of carbonyl (C=O) groups is 1. The van der Waals surface area contributed by atoms with E-state index in [1.165, 1.54) is 18.2 Å². The highest BCUT2D eigenvalue weighted by Gasteiger charge is 2.14. The summed E-state index contributed by atoms with van der Waals surface area (Å²) in [6, 6.07) is 13.2. The maximum atomic E-state index is 12.2. The second kappa shape index (κ2) is 6.08. The number of phenols is 1. The van der Waals surface area contributed by atoms with Crippen LogP contribution in [0.4, 0.5) is 11.4 Å². The standard InChI is InChI=1S/C17H14N2O5S/c18-12-4-1-10(2-5-12)17(21)19-13-6-3-11-7-14(25(22,23)24)9-16(20)15(11)8-13/h1-9,20H,18H2,(H,19,21)(H,22,23,24). The van der Waals surface area contributed by atoms with Crippen molar-refractivity contribution in [1.82, 2.24) is 0 Å². The van der Waals surface area contributed by atoms with Gasteiger partial charge in [-0.2, -0.15) is 8.42 Å². The lowest BCUT2D eigenvalue weighted by Gasteiger charge is -2.09. The molecule has 0 fully saturated rings. The Morgan fingerprint density at radius 2 is 1.68 bits per heavy atom. The maximum absolute atomic E-state index is 12.2. The summed E-state index contributed by atoms with van der Waals surface area (Å²) in [6.07, 6.45) is 0. The van der Waals surface area contributed by atoms with Crippen LogP contribution >= 0.6 is 0 Å². The van der Waals surface area contributed by atoms with Gasteiger partial charge in [0.2, 0.25) is 0 Å². The van der Waals surface area contributed by atoms with Crippen LogP contribution in [0.5, 0.6) is 5.75 Å². The van der Waals surface area contributed by atoms with E-state index in [1.54, 1.807) is 30.3 Å². The minimum atomic E-state index is -4.43. The number of nitrogen functional groups attached to an aromatic ring is 1. The van der Waals surface area contributed by atoms with Gasteiger partial charge in [0.05, 0.1) is 4.90 Å². The van der Waals surface area contributed by atoms with Crippen molar-refractivity contribution in [2.45, 2.75) is 4.90 Å². The molecular weight excluding hydrogens is 344 g/mol. The van der Waals surface area contributed by atoms with E-state index < -0.39 is 15.0 Å². The number of phenolic OH excluding ortho intramolecular Hbond substituents is 1. The summed E-state index contributed by atoms with van der Waals surface area (Å²) in [5, 5.41) is 13.4. The third-order valence-electron chi connectivity index (χ3n) is 3.63. The predicted octanol–water partition coefficient (Wildman–Crippen LogP) is 2.63. The van der Waals surface area contributed by atoms with Crippen molar-refractivity contribution >= 4 is 38.2 Å². The van der Waals surface area contributed by atoms with Gasteiger partial charge in [0.15, 0.2) is 0 Å². The van der Waals surface area contributed by atoms with Crippen molar-refractivity contribution in [3.63, 3.8) is 0 Å². The summed E-state index contributed by atoms with van der Waals surface area (Å²) in [5.41, 5.74) is 6.96. The molecule has 3 rings (SSSR count). The van der Waals surface area contributed by atoms with E-state index in [0.717, 1.165) is 6.07 Å². The molecule has 0 saturated carbocycles. The monoisotopic (exact) mass is 358 g/mol. The van der Waals surface area contributed by atoms with Crippen molar-refractivity contribution in [1.29, 1.82) is 0 Å². The fraction of sp³-hybridized carbons (Fsp3) is 0. The highest BCUT2D eigenvalue weighted by Crippen LogP contribution is 2.31. The zero-order valence-corrected chi connectivity index (χ0v) is 13.6. The van der Waals surface area contributed by atoms with E-state index >= 15 is 0 Å². The van der Waals surface area contributed by atoms with Crippen LogP contribution in [-0.4, -0.2) is 24.0 Å². The Bertz CT molecular complexity index is 1080. The molecule has 0 aliphatic heterocycles. The number of amides is 1. The van der Waals surface area contributed by atoms with Crippen LogP contribution in [0, 0.1) is 0 Å². The highest BCUT2D eigenvalue weighted by molar-refractivity contribution is 7.85. The van der Waals surface area contributed by atoms with Crippen LogP contribution < -0.4 is 11.1 Å². The number of carbonyl (C=O) groups excluding carboxylic acids is 1. The first-order valence-corrected chi connectivity index (χ1v) is 8.59. The molecule has 5 N–H and O–H groups in total. The molecule has 7 nitrogen and oxygen atoms in total. The molecule has 3 aromatic rings. The quantitative estimate of drug-likeness (QED) is 0.421. The molecule has 1 amide bonds. The Balaban J connectivity index is 1.95. The Kier molecular flexibility index (Phi) is 4.07. The Hall–Kier alpha value is -3.10. The van der Waals surface area contributed by atoms with Gasteiger partial charge in [0.25, 0.3) is 16.0 Å². The van der Waals surface area contributed by atoms with Gasteiger partial charge in [-0.25, -0.2) is 0 Å². The number of rotatable bonds is 3. The molecule has 0 unspecified atom stereocenters. The smallest absolute Gasteiger partial charge is 0.294 e. The number of anilines is 2. The van der Waals surface area contributed by atoms with Gasteiger partial charge in [-0.1, -0.05) is 6.07 Å². The Labute approximate surface area is 143 Å². The summed E-state index contributed by atoms with van der Waals surface area (Å²) in [6.45, 7) is 0. The number of nitrogens with one attached hydrogen (secondary N) is 1. The predicted molar refractivity (Wildman–Crippen MR) is 94.2 cm³/mol. The first-order chi connectivity index (χ1) is 11.7. The molecule has 0 saturated heterocycles. The van der Waals surface area contributed by atoms with Crippen LogP contribution in [0.25, 0.3) is 10.8 Å². The van der Waals surface area contributed by atoms with Gasteiger partial charge < -0.3 is 16.2 Å². The molecular formula is C17H14N2O5S. The molecule has 8 heteroatoms. The zero-order valence-electron chi connectivity index (χ0n) is 12.8. The van der Waals surface area contributed by atoms with Crippen molar-refractivity contribution in [3.05, 3.63) is 60.2 Å². The van der Waals surface area contributed by atoms with Crippen LogP contribution in [0.2, 0.25) is 0 Å². The van der Waals surface area contributed by atoms with E-state index in [1.807, 2.05) is 0 Å². The summed E-state index contributed by atoms with van der Waals surface area (Å²) in [4.78, 5) is 11.8. The molecule has 0 heterocycles. The van der Waals surface area contributed by atoms with Gasteiger partial charge in [-0.15, -0.1) is 0 Å². The summed E-state index contributed by atoms with van der Waals surface area (Å²) in [5.74, 6) is -0.679. The summed E-state index contributed by atoms with van der Waals surface area (Å²) < 4.78 is 31.5. The topological polar surface area (TPSA) is 130 Å².